The van der Waals surface area contributed by atoms with Crippen LogP contribution < -0.4 is 0 Å². The fourth-order valence-electron chi connectivity index (χ4n) is 3.58. The molecule has 2 aromatic rings. The van der Waals surface area contributed by atoms with Gasteiger partial charge in [-0.2, -0.15) is 0 Å². The van der Waals surface area contributed by atoms with Gasteiger partial charge >= 0.3 is 0 Å². The van der Waals surface area contributed by atoms with Gasteiger partial charge in [0, 0.05) is 25.5 Å². The van der Waals surface area contributed by atoms with Crippen LogP contribution in [0.25, 0.3) is 5.65 Å². The molecule has 2 aromatic heterocycles. The number of amides is 1. The number of aromatic nitrogens is 2. The molecule has 1 amide bonds. The maximum Gasteiger partial charge on any atom is 0.228 e. The molecule has 4 heterocycles. The van der Waals surface area contributed by atoms with Gasteiger partial charge in [0.25, 0.3) is 0 Å². The molecule has 0 aliphatic carbocycles. The van der Waals surface area contributed by atoms with Gasteiger partial charge in [-0.3, -0.25) is 4.79 Å². The van der Waals surface area contributed by atoms with Gasteiger partial charge in [-0.1, -0.05) is 6.07 Å². The highest BCUT2D eigenvalue weighted by molar-refractivity contribution is 7.91. The molecule has 0 saturated carbocycles. The van der Waals surface area contributed by atoms with Crippen molar-refractivity contribution in [2.45, 2.75) is 6.42 Å². The summed E-state index contributed by atoms with van der Waals surface area (Å²) in [4.78, 5) is 18.6. The van der Waals surface area contributed by atoms with E-state index in [1.807, 2.05) is 35.0 Å². The summed E-state index contributed by atoms with van der Waals surface area (Å²) >= 11 is 0. The third-order valence-corrected chi connectivity index (χ3v) is 6.48. The number of carbonyl (C=O) groups excluding carboxylic acids is 1. The van der Waals surface area contributed by atoms with Crippen molar-refractivity contribution in [3.63, 3.8) is 0 Å². The summed E-state index contributed by atoms with van der Waals surface area (Å²) in [5.41, 5.74) is 1.58. The Balaban J connectivity index is 1.45. The third-order valence-electron chi connectivity index (χ3n) is 4.61. The summed E-state index contributed by atoms with van der Waals surface area (Å²) in [6.07, 6.45) is 4.05. The fourth-order valence-corrected chi connectivity index (χ4v) is 5.78. The number of hydrogen-bond acceptors (Lipinski definition) is 4. The molecule has 2 saturated heterocycles. The Bertz CT molecular complexity index is 790. The first-order chi connectivity index (χ1) is 10.5. The average molecular weight is 319 g/mol. The number of likely N-dealkylation sites (tertiary alicyclic amines) is 1. The molecule has 2 aliphatic rings. The van der Waals surface area contributed by atoms with Gasteiger partial charge < -0.3 is 9.30 Å². The minimum absolute atomic E-state index is 0.0372. The first kappa shape index (κ1) is 13.8. The van der Waals surface area contributed by atoms with Gasteiger partial charge in [-0.05, 0) is 24.0 Å². The molecule has 4 rings (SSSR count). The normalized spacial score (nSPS) is 26.5. The number of imidazole rings is 1. The zero-order chi connectivity index (χ0) is 15.3. The highest BCUT2D eigenvalue weighted by Gasteiger charge is 2.44. The molecule has 7 heteroatoms. The quantitative estimate of drug-likeness (QED) is 0.802. The van der Waals surface area contributed by atoms with Crippen LogP contribution in [0, 0.1) is 11.8 Å². The molecular formula is C15H17N3O3S. The Labute approximate surface area is 128 Å². The van der Waals surface area contributed by atoms with E-state index in [0.717, 1.165) is 11.3 Å². The maximum atomic E-state index is 12.4. The van der Waals surface area contributed by atoms with E-state index in [9.17, 15) is 13.2 Å². The van der Waals surface area contributed by atoms with Gasteiger partial charge in [-0.15, -0.1) is 0 Å². The van der Waals surface area contributed by atoms with Crippen LogP contribution in [0.3, 0.4) is 0 Å². The lowest BCUT2D eigenvalue weighted by Gasteiger charge is -2.16. The second kappa shape index (κ2) is 4.81. The zero-order valence-electron chi connectivity index (χ0n) is 12.1. The molecule has 6 nitrogen and oxygen atoms in total. The smallest absolute Gasteiger partial charge is 0.228 e. The number of carbonyl (C=O) groups is 1. The molecular weight excluding hydrogens is 302 g/mol. The number of nitrogens with zero attached hydrogens (tertiary/aromatic N) is 3. The summed E-state index contributed by atoms with van der Waals surface area (Å²) in [5, 5.41) is 0. The van der Waals surface area contributed by atoms with Crippen molar-refractivity contribution in [2.75, 3.05) is 24.6 Å². The molecule has 0 N–H and O–H groups in total. The van der Waals surface area contributed by atoms with Crippen molar-refractivity contribution in [1.29, 1.82) is 0 Å². The van der Waals surface area contributed by atoms with Crippen LogP contribution in [0.15, 0.2) is 30.6 Å². The second-order valence-electron chi connectivity index (χ2n) is 6.27. The Morgan fingerprint density at radius 1 is 1.23 bits per heavy atom. The maximum absolute atomic E-state index is 12.4. The number of sulfone groups is 1. The van der Waals surface area contributed by atoms with Crippen LogP contribution in [0.1, 0.15) is 5.69 Å². The van der Waals surface area contributed by atoms with E-state index in [1.165, 1.54) is 0 Å². The molecule has 116 valence electrons. The Morgan fingerprint density at radius 2 is 1.95 bits per heavy atom. The van der Waals surface area contributed by atoms with E-state index in [4.69, 9.17) is 0 Å². The van der Waals surface area contributed by atoms with E-state index in [0.29, 0.717) is 13.1 Å². The van der Waals surface area contributed by atoms with Crippen molar-refractivity contribution in [3.8, 4) is 0 Å². The Kier molecular flexibility index (Phi) is 3.00. The summed E-state index contributed by atoms with van der Waals surface area (Å²) in [7, 11) is -2.88. The molecule has 2 aliphatic heterocycles. The molecule has 0 bridgehead atoms. The minimum atomic E-state index is -2.88. The highest BCUT2D eigenvalue weighted by atomic mass is 32.2. The largest absolute Gasteiger partial charge is 0.342 e. The van der Waals surface area contributed by atoms with Gasteiger partial charge in [0.05, 0.1) is 23.6 Å². The average Bonchev–Trinajstić information content (AvgIpc) is 3.07. The SMILES string of the molecule is O=C(Cc1cn2ccccc2n1)N1C[C@@H]2CS(=O)(=O)C[C@@H]2C1. The zero-order valence-corrected chi connectivity index (χ0v) is 12.9. The van der Waals surface area contributed by atoms with Gasteiger partial charge in [0.15, 0.2) is 9.84 Å². The monoisotopic (exact) mass is 319 g/mol. The van der Waals surface area contributed by atoms with E-state index in [1.54, 1.807) is 4.90 Å². The molecule has 0 spiro atoms. The molecule has 0 unspecified atom stereocenters. The van der Waals surface area contributed by atoms with Crippen LogP contribution >= 0.6 is 0 Å². The van der Waals surface area contributed by atoms with Gasteiger partial charge in [-0.25, -0.2) is 13.4 Å². The predicted octanol–water partition coefficient (Wildman–Crippen LogP) is 0.380. The van der Waals surface area contributed by atoms with Gasteiger partial charge in [0.1, 0.15) is 5.65 Å². The summed E-state index contributed by atoms with van der Waals surface area (Å²) in [6.45, 7) is 1.13. The predicted molar refractivity (Wildman–Crippen MR) is 81.1 cm³/mol. The summed E-state index contributed by atoms with van der Waals surface area (Å²) < 4.78 is 25.1. The van der Waals surface area contributed by atoms with E-state index in [-0.39, 0.29) is 35.7 Å². The molecule has 0 aromatic carbocycles. The molecule has 2 atom stereocenters. The third kappa shape index (κ3) is 2.39. The fraction of sp³-hybridized carbons (Fsp3) is 0.467. The van der Waals surface area contributed by atoms with Crippen LogP contribution in [-0.4, -0.2) is 53.2 Å². The number of hydrogen-bond donors (Lipinski definition) is 0. The summed E-state index contributed by atoms with van der Waals surface area (Å²) in [6, 6.07) is 5.73. The van der Waals surface area contributed by atoms with Crippen LogP contribution in [0.5, 0.6) is 0 Å². The highest BCUT2D eigenvalue weighted by Crippen LogP contribution is 2.32. The van der Waals surface area contributed by atoms with Crippen molar-refractivity contribution in [3.05, 3.63) is 36.3 Å². The lowest BCUT2D eigenvalue weighted by molar-refractivity contribution is -0.129. The molecule has 22 heavy (non-hydrogen) atoms. The van der Waals surface area contributed by atoms with Crippen LogP contribution in [0.4, 0.5) is 0 Å². The van der Waals surface area contributed by atoms with E-state index >= 15 is 0 Å². The second-order valence-corrected chi connectivity index (χ2v) is 8.42. The minimum Gasteiger partial charge on any atom is -0.342 e. The van der Waals surface area contributed by atoms with Crippen molar-refractivity contribution >= 4 is 21.4 Å². The van der Waals surface area contributed by atoms with E-state index in [2.05, 4.69) is 4.98 Å². The Hall–Kier alpha value is -1.89. The molecule has 0 radical (unpaired) electrons. The van der Waals surface area contributed by atoms with Crippen LogP contribution in [0.2, 0.25) is 0 Å². The van der Waals surface area contributed by atoms with Crippen molar-refractivity contribution in [2.24, 2.45) is 11.8 Å². The lowest BCUT2D eigenvalue weighted by atomic mass is 10.0. The Morgan fingerprint density at radius 3 is 2.64 bits per heavy atom. The topological polar surface area (TPSA) is 71.8 Å². The number of pyridine rings is 1. The van der Waals surface area contributed by atoms with Crippen molar-refractivity contribution < 1.29 is 13.2 Å². The van der Waals surface area contributed by atoms with E-state index < -0.39 is 9.84 Å². The van der Waals surface area contributed by atoms with Crippen molar-refractivity contribution in [1.82, 2.24) is 14.3 Å². The first-order valence-corrected chi connectivity index (χ1v) is 9.23. The number of rotatable bonds is 2. The summed E-state index contributed by atoms with van der Waals surface area (Å²) in [5.74, 6) is 0.742. The standard InChI is InChI=1S/C15H17N3O3S/c19-15(5-13-8-17-4-2-1-3-14(17)16-13)18-6-11-9-22(20,21)10-12(11)7-18/h1-4,8,11-12H,5-7,9-10H2/t11-,12+. The number of fused-ring (bicyclic) bond motifs is 2. The lowest BCUT2D eigenvalue weighted by Crippen LogP contribution is -2.32. The molecule has 2 fully saturated rings. The van der Waals surface area contributed by atoms with Gasteiger partial charge in [0.2, 0.25) is 5.91 Å². The first-order valence-electron chi connectivity index (χ1n) is 7.41. The van der Waals surface area contributed by atoms with Crippen LogP contribution in [-0.2, 0) is 21.1 Å².